The number of nitrogens with two attached hydrogens (primary N) is 1. The summed E-state index contributed by atoms with van der Waals surface area (Å²) in [6, 6.07) is 1.90. The van der Waals surface area contributed by atoms with E-state index in [0.29, 0.717) is 22.6 Å². The number of nitrogens with one attached hydrogen (secondary N) is 1. The maximum Gasteiger partial charge on any atom is 0.253 e. The fraction of sp³-hybridized carbons (Fsp3) is 0.375. The molecule has 0 bridgehead atoms. The van der Waals surface area contributed by atoms with Gasteiger partial charge in [0.1, 0.15) is 4.83 Å². The maximum atomic E-state index is 12.9. The Labute approximate surface area is 210 Å². The van der Waals surface area contributed by atoms with Gasteiger partial charge < -0.3 is 15.8 Å². The lowest BCUT2D eigenvalue weighted by Crippen LogP contribution is -2.45. The molecule has 1 spiro atoms. The summed E-state index contributed by atoms with van der Waals surface area (Å²) in [5, 5.41) is 11.8. The molecule has 0 aliphatic carbocycles. The highest BCUT2D eigenvalue weighted by Gasteiger charge is 2.44. The van der Waals surface area contributed by atoms with Crippen LogP contribution in [0.15, 0.2) is 30.9 Å². The van der Waals surface area contributed by atoms with Gasteiger partial charge in [-0.1, -0.05) is 0 Å². The van der Waals surface area contributed by atoms with E-state index in [0.717, 1.165) is 60.1 Å². The molecule has 2 aliphatic rings. The van der Waals surface area contributed by atoms with Crippen molar-refractivity contribution >= 4 is 33.7 Å². The molecule has 0 saturated carbocycles. The van der Waals surface area contributed by atoms with Crippen LogP contribution in [0.2, 0.25) is 0 Å². The van der Waals surface area contributed by atoms with E-state index < -0.39 is 5.91 Å². The summed E-state index contributed by atoms with van der Waals surface area (Å²) < 4.78 is 8.82. The van der Waals surface area contributed by atoms with Crippen molar-refractivity contribution in [3.63, 3.8) is 0 Å². The molecule has 2 aliphatic heterocycles. The molecule has 186 valence electrons. The van der Waals surface area contributed by atoms with E-state index in [4.69, 9.17) is 10.5 Å². The molecule has 0 unspecified atom stereocenters. The third kappa shape index (κ3) is 3.87. The average Bonchev–Trinajstić information content (AvgIpc) is 3.57. The number of carbonyl (C=O) groups is 2. The highest BCUT2D eigenvalue weighted by molar-refractivity contribution is 7.21. The minimum absolute atomic E-state index is 0.0815. The number of fused-ring (bicyclic) bond motifs is 1. The number of thiazole rings is 1. The first-order chi connectivity index (χ1) is 17.3. The van der Waals surface area contributed by atoms with Crippen molar-refractivity contribution in [1.82, 2.24) is 29.3 Å². The number of anilines is 1. The van der Waals surface area contributed by atoms with E-state index in [2.05, 4.69) is 25.4 Å². The zero-order valence-electron chi connectivity index (χ0n) is 20.0. The molecule has 0 atom stereocenters. The fourth-order valence-electron chi connectivity index (χ4n) is 5.01. The monoisotopic (exact) mass is 506 g/mol. The molecular weight excluding hydrogens is 480 g/mol. The Morgan fingerprint density at radius 3 is 2.75 bits per heavy atom. The summed E-state index contributed by atoms with van der Waals surface area (Å²) in [5.41, 5.74) is 9.99. The van der Waals surface area contributed by atoms with Crippen LogP contribution < -0.4 is 11.1 Å². The average molecular weight is 507 g/mol. The van der Waals surface area contributed by atoms with Crippen LogP contribution in [-0.4, -0.2) is 73.9 Å². The molecule has 2 fully saturated rings. The standard InChI is InChI=1S/C24H26N8O3S/c1-14-17(5-16(7-26-14)29-19(33)10-31-4-3-24(11-31)12-35-13-24)20-21(15-6-27-30(2)9-15)36-23-18(22(25)34)8-28-32(20)23/h5-9H,3-4,10-13H2,1-2H3,(H2,25,34)(H,29,33). The number of ether oxygens (including phenoxy) is 1. The van der Waals surface area contributed by atoms with Gasteiger partial charge >= 0.3 is 0 Å². The minimum atomic E-state index is -0.538. The van der Waals surface area contributed by atoms with E-state index in [1.165, 1.54) is 17.5 Å². The van der Waals surface area contributed by atoms with Gasteiger partial charge in [-0.15, -0.1) is 11.3 Å². The second kappa shape index (κ2) is 8.50. The third-order valence-electron chi connectivity index (χ3n) is 6.91. The molecule has 2 amide bonds. The summed E-state index contributed by atoms with van der Waals surface area (Å²) in [6.45, 7) is 5.60. The lowest BCUT2D eigenvalue weighted by atomic mass is 9.85. The molecule has 3 N–H and O–H groups in total. The Balaban J connectivity index is 1.33. The summed E-state index contributed by atoms with van der Waals surface area (Å²) in [6.07, 6.45) is 7.88. The number of primary amides is 1. The number of nitrogens with zero attached hydrogens (tertiary/aromatic N) is 6. The van der Waals surface area contributed by atoms with Gasteiger partial charge in [0.05, 0.1) is 60.2 Å². The first-order valence-corrected chi connectivity index (χ1v) is 12.5. The van der Waals surface area contributed by atoms with Crippen LogP contribution in [0.25, 0.3) is 26.5 Å². The molecular formula is C24H26N8O3S. The normalized spacial score (nSPS) is 17.1. The number of carbonyl (C=O) groups excluding carboxylic acids is 2. The van der Waals surface area contributed by atoms with E-state index in [9.17, 15) is 9.59 Å². The Morgan fingerprint density at radius 2 is 2.08 bits per heavy atom. The molecule has 6 rings (SSSR count). The summed E-state index contributed by atoms with van der Waals surface area (Å²) >= 11 is 1.42. The van der Waals surface area contributed by atoms with Gasteiger partial charge in [0.2, 0.25) is 5.91 Å². The van der Waals surface area contributed by atoms with Crippen molar-refractivity contribution in [1.29, 1.82) is 0 Å². The third-order valence-corrected chi connectivity index (χ3v) is 8.13. The first kappa shape index (κ1) is 22.8. The van der Waals surface area contributed by atoms with Crippen LogP contribution >= 0.6 is 11.3 Å². The number of hydrogen-bond acceptors (Lipinski definition) is 8. The molecule has 0 radical (unpaired) electrons. The number of aromatic nitrogens is 5. The van der Waals surface area contributed by atoms with Gasteiger partial charge in [0.15, 0.2) is 0 Å². The number of likely N-dealkylation sites (tertiary alicyclic amines) is 1. The molecule has 4 aromatic rings. The second-order valence-electron chi connectivity index (χ2n) is 9.68. The van der Waals surface area contributed by atoms with Crippen molar-refractivity contribution in [3.05, 3.63) is 42.1 Å². The van der Waals surface area contributed by atoms with Crippen LogP contribution in [0.3, 0.4) is 0 Å². The number of amides is 2. The quantitative estimate of drug-likeness (QED) is 0.408. The highest BCUT2D eigenvalue weighted by Crippen LogP contribution is 2.42. The molecule has 6 heterocycles. The zero-order valence-corrected chi connectivity index (χ0v) is 20.8. The molecule has 36 heavy (non-hydrogen) atoms. The second-order valence-corrected chi connectivity index (χ2v) is 10.7. The fourth-order valence-corrected chi connectivity index (χ4v) is 6.21. The van der Waals surface area contributed by atoms with Crippen LogP contribution in [0, 0.1) is 12.3 Å². The van der Waals surface area contributed by atoms with E-state index in [-0.39, 0.29) is 11.3 Å². The summed E-state index contributed by atoms with van der Waals surface area (Å²) in [7, 11) is 1.85. The number of hydrogen-bond donors (Lipinski definition) is 2. The van der Waals surface area contributed by atoms with E-state index >= 15 is 0 Å². The molecule has 0 aromatic carbocycles. The Kier molecular flexibility index (Phi) is 5.39. The van der Waals surface area contributed by atoms with Crippen LogP contribution in [0.1, 0.15) is 22.5 Å². The van der Waals surface area contributed by atoms with Gasteiger partial charge in [-0.3, -0.25) is 24.2 Å². The van der Waals surface area contributed by atoms with E-state index in [1.807, 2.05) is 26.2 Å². The van der Waals surface area contributed by atoms with Gasteiger partial charge in [-0.2, -0.15) is 10.2 Å². The van der Waals surface area contributed by atoms with Crippen molar-refractivity contribution in [2.24, 2.45) is 18.2 Å². The molecule has 11 nitrogen and oxygen atoms in total. The molecule has 2 saturated heterocycles. The van der Waals surface area contributed by atoms with Crippen molar-refractivity contribution in [2.75, 3.05) is 38.2 Å². The number of rotatable bonds is 6. The van der Waals surface area contributed by atoms with Crippen LogP contribution in [-0.2, 0) is 16.6 Å². The zero-order chi connectivity index (χ0) is 25.0. The summed E-state index contributed by atoms with van der Waals surface area (Å²) in [5.74, 6) is -0.620. The lowest BCUT2D eigenvalue weighted by molar-refractivity contribution is -0.119. The predicted molar refractivity (Wildman–Crippen MR) is 135 cm³/mol. The van der Waals surface area contributed by atoms with E-state index in [1.54, 1.807) is 21.6 Å². The predicted octanol–water partition coefficient (Wildman–Crippen LogP) is 1.93. The topological polar surface area (TPSA) is 133 Å². The molecule has 12 heteroatoms. The van der Waals surface area contributed by atoms with Crippen LogP contribution in [0.4, 0.5) is 5.69 Å². The minimum Gasteiger partial charge on any atom is -0.380 e. The largest absolute Gasteiger partial charge is 0.380 e. The lowest BCUT2D eigenvalue weighted by Gasteiger charge is -2.37. The van der Waals surface area contributed by atoms with Crippen LogP contribution in [0.5, 0.6) is 0 Å². The Morgan fingerprint density at radius 1 is 1.25 bits per heavy atom. The van der Waals surface area contributed by atoms with Gasteiger partial charge in [0, 0.05) is 42.0 Å². The smallest absolute Gasteiger partial charge is 0.253 e. The highest BCUT2D eigenvalue weighted by atomic mass is 32.1. The number of aryl methyl sites for hydroxylation is 2. The Hall–Kier alpha value is -3.61. The van der Waals surface area contributed by atoms with Crippen molar-refractivity contribution < 1.29 is 14.3 Å². The molecule has 4 aromatic heterocycles. The van der Waals surface area contributed by atoms with Gasteiger partial charge in [-0.05, 0) is 26.0 Å². The van der Waals surface area contributed by atoms with Gasteiger partial charge in [0.25, 0.3) is 5.91 Å². The maximum absolute atomic E-state index is 12.9. The SMILES string of the molecule is Cc1ncc(NC(=O)CN2CCC3(COC3)C2)cc1-c1c(-c2cnn(C)c2)sc2c(C(N)=O)cnn12. The van der Waals surface area contributed by atoms with Crippen molar-refractivity contribution in [2.45, 2.75) is 13.3 Å². The first-order valence-electron chi connectivity index (χ1n) is 11.7. The van der Waals surface area contributed by atoms with Crippen molar-refractivity contribution in [3.8, 4) is 21.7 Å². The number of pyridine rings is 1. The Bertz CT molecular complexity index is 1500. The summed E-state index contributed by atoms with van der Waals surface area (Å²) in [4.78, 5) is 33.1. The van der Waals surface area contributed by atoms with Gasteiger partial charge in [-0.25, -0.2) is 4.52 Å².